The number of carbonyl (C=O) groups is 4. The van der Waals surface area contributed by atoms with Crippen molar-refractivity contribution in [3.05, 3.63) is 57.3 Å². The SMILES string of the molecule is C/C=C(\C)C(=O)OCC.CC(C)(C)OC(=O)N1CCCCCC1c1cc(N)n[nH]1.Cc1cn2nc(C3CCCCCN3C(=O)OC(C)(C)C)cc2[nH]c1=O.O=CO[O-].[Cs+].[Cs+].[H-]. The van der Waals surface area contributed by atoms with Gasteiger partial charge in [0.05, 0.1) is 30.1 Å². The summed E-state index contributed by atoms with van der Waals surface area (Å²) in [5.41, 5.74) is 8.11. The number of aromatic nitrogens is 5. The smallest absolute Gasteiger partial charge is 1.00 e. The van der Waals surface area contributed by atoms with E-state index in [9.17, 15) is 19.2 Å². The van der Waals surface area contributed by atoms with Crippen molar-refractivity contribution in [3.63, 3.8) is 0 Å². The Labute approximate surface area is 472 Å². The molecule has 2 saturated heterocycles. The van der Waals surface area contributed by atoms with E-state index < -0.39 is 11.2 Å². The number of hydrogen-bond donors (Lipinski definition) is 3. The Balaban J connectivity index is 0. The molecule has 5 heterocycles. The molecule has 18 nitrogen and oxygen atoms in total. The van der Waals surface area contributed by atoms with Gasteiger partial charge in [0.1, 0.15) is 22.7 Å². The molecule has 2 aliphatic rings. The number of aromatic amines is 2. The van der Waals surface area contributed by atoms with E-state index in [0.29, 0.717) is 42.3 Å². The minimum absolute atomic E-state index is 0. The number of ether oxygens (including phenoxy) is 3. The molecular weight excluding hydrogens is 1020 g/mol. The van der Waals surface area contributed by atoms with Crippen LogP contribution in [0.15, 0.2) is 34.8 Å². The topological polar surface area (TPSA) is 240 Å². The molecule has 0 saturated carbocycles. The largest absolute Gasteiger partial charge is 1.00 e. The molecule has 2 aliphatic heterocycles. The van der Waals surface area contributed by atoms with Crippen LogP contribution in [-0.2, 0) is 28.7 Å². The predicted molar refractivity (Wildman–Crippen MR) is 216 cm³/mol. The van der Waals surface area contributed by atoms with Crippen LogP contribution in [0.2, 0.25) is 0 Å². The summed E-state index contributed by atoms with van der Waals surface area (Å²) in [6.45, 7) is 20.0. The molecule has 0 aromatic carbocycles. The number of nitrogens with two attached hydrogens (primary N) is 1. The fourth-order valence-corrected chi connectivity index (χ4v) is 6.04. The molecule has 5 rings (SSSR count). The first-order chi connectivity index (χ1) is 27.2. The maximum Gasteiger partial charge on any atom is 1.00 e. The molecule has 2 unspecified atom stereocenters. The van der Waals surface area contributed by atoms with Crippen LogP contribution in [0.25, 0.3) is 5.65 Å². The summed E-state index contributed by atoms with van der Waals surface area (Å²) in [7, 11) is 0. The van der Waals surface area contributed by atoms with Crippen LogP contribution >= 0.6 is 0 Å². The van der Waals surface area contributed by atoms with Crippen molar-refractivity contribution in [1.82, 2.24) is 34.6 Å². The Bertz CT molecular complexity index is 1870. The molecule has 0 radical (unpaired) electrons. The van der Waals surface area contributed by atoms with Crippen LogP contribution in [0.5, 0.6) is 0 Å². The van der Waals surface area contributed by atoms with Crippen molar-refractivity contribution in [2.75, 3.05) is 25.4 Å². The van der Waals surface area contributed by atoms with E-state index in [-0.39, 0.29) is 181 Å². The van der Waals surface area contributed by atoms with Crippen LogP contribution in [0, 0.1) is 6.92 Å². The molecule has 0 spiro atoms. The summed E-state index contributed by atoms with van der Waals surface area (Å²) < 4.78 is 17.5. The molecule has 2 atom stereocenters. The second-order valence-corrected chi connectivity index (χ2v) is 15.9. The van der Waals surface area contributed by atoms with Gasteiger partial charge in [0.25, 0.3) is 12.0 Å². The average Bonchev–Trinajstić information content (AvgIpc) is 3.55. The number of likely N-dealkylation sites (tertiary alicyclic amines) is 2. The van der Waals surface area contributed by atoms with Crippen LogP contribution in [0.4, 0.5) is 15.4 Å². The van der Waals surface area contributed by atoms with Crippen molar-refractivity contribution in [2.45, 2.75) is 144 Å². The number of fused-ring (bicyclic) bond motifs is 1. The Morgan fingerprint density at radius 1 is 0.933 bits per heavy atom. The molecule has 0 aliphatic carbocycles. The molecule has 2 fully saturated rings. The van der Waals surface area contributed by atoms with Crippen molar-refractivity contribution in [1.29, 1.82) is 0 Å². The minimum Gasteiger partial charge on any atom is -1.00 e. The average molecular weight is 1080 g/mol. The number of anilines is 1. The van der Waals surface area contributed by atoms with Gasteiger partial charge in [-0.05, 0) is 94.9 Å². The molecular formula is C40H64Cs2N8O10. The van der Waals surface area contributed by atoms with Gasteiger partial charge < -0.3 is 36.5 Å². The number of nitrogens with one attached hydrogen (secondary N) is 2. The molecule has 60 heavy (non-hydrogen) atoms. The van der Waals surface area contributed by atoms with E-state index in [1.54, 1.807) is 53.4 Å². The minimum atomic E-state index is -0.533. The van der Waals surface area contributed by atoms with E-state index in [2.05, 4.69) is 29.9 Å². The van der Waals surface area contributed by atoms with Gasteiger partial charge in [0, 0.05) is 42.6 Å². The standard InChI is InChI=1S/C18H26N4O3.C14H24N4O2.C7H12O2.CH2O3.2Cs.H/c1-12-11-22-15(19-16(12)23)10-13(20-22)14-8-6-5-7-9-21(14)17(24)25-18(2,3)4;1-14(2,3)20-13(19)18-8-6-4-5-7-11(18)10-9-12(15)17-16-10;1-4-6(3)7(8)9-5-2;2-1-4-3;;;/h10-11,14H,5-9H2,1-4H3,(H,19,23);9,11H,4-8H2,1-3H3,(H3,15,16,17);4H,5H2,1-3H3;1,3H;;;/q;;;;2*+1;-1/p-1/b;;6-4+;;;;. The van der Waals surface area contributed by atoms with Crippen molar-refractivity contribution in [3.8, 4) is 0 Å². The first-order valence-corrected chi connectivity index (χ1v) is 19.7. The van der Waals surface area contributed by atoms with E-state index in [0.717, 1.165) is 62.8 Å². The van der Waals surface area contributed by atoms with Gasteiger partial charge in [0.15, 0.2) is 0 Å². The Morgan fingerprint density at radius 3 is 1.90 bits per heavy atom. The first-order valence-electron chi connectivity index (χ1n) is 19.7. The van der Waals surface area contributed by atoms with Crippen LogP contribution in [0.3, 0.4) is 0 Å². The Kier molecular flexibility index (Phi) is 28.6. The van der Waals surface area contributed by atoms with E-state index in [1.165, 1.54) is 0 Å². The number of rotatable bonds is 5. The number of nitrogens with zero attached hydrogens (tertiary/aromatic N) is 5. The van der Waals surface area contributed by atoms with Crippen LogP contribution < -0.4 is 154 Å². The quantitative estimate of drug-likeness (QED) is 0.0769. The van der Waals surface area contributed by atoms with Gasteiger partial charge in [-0.25, -0.2) is 18.9 Å². The van der Waals surface area contributed by atoms with Crippen molar-refractivity contribution < 1.29 is 183 Å². The van der Waals surface area contributed by atoms with E-state index in [1.807, 2.05) is 54.5 Å². The third-order valence-electron chi connectivity index (χ3n) is 8.82. The third kappa shape index (κ3) is 20.9. The van der Waals surface area contributed by atoms with Gasteiger partial charge in [0.2, 0.25) is 0 Å². The van der Waals surface area contributed by atoms with E-state index >= 15 is 0 Å². The van der Waals surface area contributed by atoms with Gasteiger partial charge >= 0.3 is 156 Å². The molecule has 4 N–H and O–H groups in total. The zero-order valence-corrected chi connectivity index (χ0v) is 50.3. The normalized spacial score (nSPS) is 16.8. The number of carbonyl (C=O) groups excluding carboxylic acids is 4. The molecule has 2 amide bonds. The fraction of sp³-hybridized carbons (Fsp3) is 0.625. The monoisotopic (exact) mass is 1080 g/mol. The number of H-pyrrole nitrogens is 2. The molecule has 326 valence electrons. The number of nitrogen functional groups attached to an aromatic ring is 1. The summed E-state index contributed by atoms with van der Waals surface area (Å²) >= 11 is 0. The van der Waals surface area contributed by atoms with Crippen LogP contribution in [-0.4, -0.2) is 90.1 Å². The maximum atomic E-state index is 12.7. The molecule has 0 bridgehead atoms. The summed E-state index contributed by atoms with van der Waals surface area (Å²) in [6.07, 6.45) is 10.9. The summed E-state index contributed by atoms with van der Waals surface area (Å²) in [4.78, 5) is 65.2. The first kappa shape index (κ1) is 58.7. The van der Waals surface area contributed by atoms with E-state index in [4.69, 9.17) is 25.3 Å². The number of esters is 1. The van der Waals surface area contributed by atoms with Crippen molar-refractivity contribution >= 4 is 36.1 Å². The van der Waals surface area contributed by atoms with Gasteiger partial charge in [-0.2, -0.15) is 10.2 Å². The van der Waals surface area contributed by atoms with Gasteiger partial charge in [-0.3, -0.25) is 24.5 Å². The zero-order chi connectivity index (χ0) is 43.6. The molecule has 20 heteroatoms. The number of allylic oxidation sites excluding steroid dienone is 1. The summed E-state index contributed by atoms with van der Waals surface area (Å²) in [5.74, 6) is 0.230. The predicted octanol–water partition coefficient (Wildman–Crippen LogP) is 0.0982. The number of amides is 2. The third-order valence-corrected chi connectivity index (χ3v) is 8.82. The molecule has 3 aromatic heterocycles. The number of aryl methyl sites for hydroxylation is 1. The molecule has 3 aromatic rings. The fourth-order valence-electron chi connectivity index (χ4n) is 6.04. The van der Waals surface area contributed by atoms with Crippen LogP contribution in [0.1, 0.15) is 144 Å². The second kappa shape index (κ2) is 29.2. The Hall–Kier alpha value is -1.29. The summed E-state index contributed by atoms with van der Waals surface area (Å²) in [6, 6.07) is 3.49. The Morgan fingerprint density at radius 2 is 1.45 bits per heavy atom. The zero-order valence-electron chi connectivity index (χ0n) is 38.7. The van der Waals surface area contributed by atoms with Gasteiger partial charge in [-0.15, -0.1) is 0 Å². The second-order valence-electron chi connectivity index (χ2n) is 15.9. The van der Waals surface area contributed by atoms with Gasteiger partial charge in [-0.1, -0.05) is 31.8 Å². The maximum absolute atomic E-state index is 12.7. The van der Waals surface area contributed by atoms with Crippen molar-refractivity contribution in [2.24, 2.45) is 0 Å². The summed E-state index contributed by atoms with van der Waals surface area (Å²) in [5, 5.41) is 19.9. The number of hydrogen-bond acceptors (Lipinski definition) is 13.